The van der Waals surface area contributed by atoms with Gasteiger partial charge in [-0.15, -0.1) is 0 Å². The maximum absolute atomic E-state index is 12.7. The van der Waals surface area contributed by atoms with Crippen LogP contribution in [0.1, 0.15) is 37.7 Å². The number of nitrogens with one attached hydrogen (secondary N) is 1. The molecular weight excluding hydrogens is 356 g/mol. The van der Waals surface area contributed by atoms with Crippen molar-refractivity contribution in [1.29, 1.82) is 0 Å². The summed E-state index contributed by atoms with van der Waals surface area (Å²) in [6.45, 7) is 2.96. The smallest absolute Gasteiger partial charge is 0.387 e. The van der Waals surface area contributed by atoms with Gasteiger partial charge < -0.3 is 14.8 Å². The van der Waals surface area contributed by atoms with E-state index in [9.17, 15) is 18.4 Å². The number of esters is 1. The van der Waals surface area contributed by atoms with Crippen molar-refractivity contribution in [3.05, 3.63) is 53.4 Å². The van der Waals surface area contributed by atoms with Crippen molar-refractivity contribution in [3.8, 4) is 5.75 Å². The summed E-state index contributed by atoms with van der Waals surface area (Å²) in [5.74, 6) is -1.83. The van der Waals surface area contributed by atoms with Crippen LogP contribution in [0.2, 0.25) is 0 Å². The zero-order valence-electron chi connectivity index (χ0n) is 15.0. The van der Waals surface area contributed by atoms with Crippen molar-refractivity contribution in [3.63, 3.8) is 0 Å². The number of ether oxygens (including phenoxy) is 2. The van der Waals surface area contributed by atoms with Crippen LogP contribution < -0.4 is 10.1 Å². The topological polar surface area (TPSA) is 64.6 Å². The molecule has 0 spiro atoms. The van der Waals surface area contributed by atoms with Crippen LogP contribution in [0.4, 0.5) is 8.78 Å². The Morgan fingerprint density at radius 2 is 2.00 bits per heavy atom. The van der Waals surface area contributed by atoms with Gasteiger partial charge >= 0.3 is 12.6 Å². The van der Waals surface area contributed by atoms with Crippen molar-refractivity contribution in [1.82, 2.24) is 5.32 Å². The Morgan fingerprint density at radius 3 is 2.63 bits per heavy atom. The lowest BCUT2D eigenvalue weighted by Gasteiger charge is -2.38. The number of alkyl halides is 2. The number of ketones is 1. The fourth-order valence-electron chi connectivity index (χ4n) is 3.72. The number of carbonyl (C=O) groups is 2. The van der Waals surface area contributed by atoms with E-state index in [0.29, 0.717) is 29.7 Å². The average molecular weight is 377 g/mol. The summed E-state index contributed by atoms with van der Waals surface area (Å²) in [5.41, 5.74) is 2.45. The number of hydrogen-bond acceptors (Lipinski definition) is 5. The molecule has 2 unspecified atom stereocenters. The number of hydrogen-bond donors (Lipinski definition) is 1. The maximum Gasteiger partial charge on any atom is 0.387 e. The third kappa shape index (κ3) is 3.86. The Morgan fingerprint density at radius 1 is 1.30 bits per heavy atom. The average Bonchev–Trinajstić information content (AvgIpc) is 2.61. The molecule has 2 aliphatic rings. The zero-order chi connectivity index (χ0) is 19.6. The number of allylic oxidation sites excluding steroid dienone is 2. The summed E-state index contributed by atoms with van der Waals surface area (Å²) in [4.78, 5) is 25.3. The van der Waals surface area contributed by atoms with E-state index in [-0.39, 0.29) is 18.1 Å². The van der Waals surface area contributed by atoms with Gasteiger partial charge in [0.15, 0.2) is 5.78 Å². The molecule has 1 aliphatic carbocycles. The van der Waals surface area contributed by atoms with Crippen molar-refractivity contribution >= 4 is 11.8 Å². The third-order valence-corrected chi connectivity index (χ3v) is 4.79. The van der Waals surface area contributed by atoms with Gasteiger partial charge in [0.2, 0.25) is 0 Å². The minimum absolute atomic E-state index is 0.0124. The first-order valence-corrected chi connectivity index (χ1v) is 8.85. The minimum atomic E-state index is -2.92. The van der Waals surface area contributed by atoms with E-state index in [2.05, 4.69) is 16.6 Å². The predicted octanol–water partition coefficient (Wildman–Crippen LogP) is 3.67. The molecule has 0 fully saturated rings. The zero-order valence-corrected chi connectivity index (χ0v) is 15.0. The number of Topliss-reactive ketones (excluding diaryl/α,β-unsaturated/α-hetero) is 1. The first kappa shape index (κ1) is 19.1. The van der Waals surface area contributed by atoms with Gasteiger partial charge in [-0.3, -0.25) is 9.59 Å². The summed E-state index contributed by atoms with van der Waals surface area (Å²) in [6, 6.07) is 6.00. The molecule has 0 bridgehead atoms. The number of rotatable bonds is 5. The highest BCUT2D eigenvalue weighted by molar-refractivity contribution is 6.00. The summed E-state index contributed by atoms with van der Waals surface area (Å²) < 4.78 is 34.4. The normalized spacial score (nSPS) is 22.4. The highest BCUT2D eigenvalue weighted by atomic mass is 19.3. The standard InChI is InChI=1S/C20H21F2NO4/c1-3-26-19(25)16-11(2)23-14-5-4-6-15(24)18(14)17(16)12-7-9-13(10-8-12)27-20(21)22/h7-10,16-17,20,23H,2-6H2,1H3. The third-order valence-electron chi connectivity index (χ3n) is 4.79. The second kappa shape index (κ2) is 7.90. The van der Waals surface area contributed by atoms with Crippen LogP contribution in [0.3, 0.4) is 0 Å². The van der Waals surface area contributed by atoms with Crippen LogP contribution >= 0.6 is 0 Å². The fraction of sp³-hybridized carbons (Fsp3) is 0.400. The molecule has 27 heavy (non-hydrogen) atoms. The first-order chi connectivity index (χ1) is 12.9. The first-order valence-electron chi connectivity index (χ1n) is 8.85. The Kier molecular flexibility index (Phi) is 5.58. The second-order valence-corrected chi connectivity index (χ2v) is 6.47. The largest absolute Gasteiger partial charge is 0.465 e. The molecule has 0 saturated heterocycles. The van der Waals surface area contributed by atoms with Gasteiger partial charge in [0, 0.05) is 29.3 Å². The molecule has 1 heterocycles. The van der Waals surface area contributed by atoms with Crippen LogP contribution in [0.25, 0.3) is 0 Å². The maximum atomic E-state index is 12.7. The van der Waals surface area contributed by atoms with Crippen molar-refractivity contribution in [2.45, 2.75) is 38.7 Å². The van der Waals surface area contributed by atoms with Crippen LogP contribution in [-0.4, -0.2) is 25.0 Å². The molecule has 2 atom stereocenters. The molecule has 0 saturated carbocycles. The van der Waals surface area contributed by atoms with Gasteiger partial charge in [0.05, 0.1) is 6.61 Å². The Hall–Kier alpha value is -2.70. The molecule has 144 valence electrons. The lowest BCUT2D eigenvalue weighted by atomic mass is 9.71. The van der Waals surface area contributed by atoms with E-state index in [1.54, 1.807) is 19.1 Å². The highest BCUT2D eigenvalue weighted by Crippen LogP contribution is 2.44. The molecule has 0 aromatic heterocycles. The lowest BCUT2D eigenvalue weighted by molar-refractivity contribution is -0.147. The number of benzene rings is 1. The monoisotopic (exact) mass is 377 g/mol. The van der Waals surface area contributed by atoms with Crippen LogP contribution in [0, 0.1) is 5.92 Å². The highest BCUT2D eigenvalue weighted by Gasteiger charge is 2.43. The Labute approximate surface area is 156 Å². The molecule has 7 heteroatoms. The SMILES string of the molecule is C=C1NC2=C(C(=O)CCC2)C(c2ccc(OC(F)F)cc2)C1C(=O)OCC. The van der Waals surface area contributed by atoms with Gasteiger partial charge in [0.25, 0.3) is 0 Å². The molecule has 1 N–H and O–H groups in total. The van der Waals surface area contributed by atoms with E-state index in [4.69, 9.17) is 4.74 Å². The molecule has 1 aromatic rings. The van der Waals surface area contributed by atoms with Crippen LogP contribution in [0.5, 0.6) is 5.75 Å². The Balaban J connectivity index is 2.05. The van der Waals surface area contributed by atoms with E-state index in [1.165, 1.54) is 12.1 Å². The van der Waals surface area contributed by atoms with Crippen molar-refractivity contribution in [2.24, 2.45) is 5.92 Å². The van der Waals surface area contributed by atoms with Crippen LogP contribution in [0.15, 0.2) is 47.8 Å². The van der Waals surface area contributed by atoms with E-state index < -0.39 is 24.4 Å². The molecule has 1 aromatic carbocycles. The van der Waals surface area contributed by atoms with Gasteiger partial charge in [0.1, 0.15) is 11.7 Å². The minimum Gasteiger partial charge on any atom is -0.465 e. The second-order valence-electron chi connectivity index (χ2n) is 6.47. The quantitative estimate of drug-likeness (QED) is 0.793. The Bertz CT molecular complexity index is 786. The molecular formula is C20H21F2NO4. The predicted molar refractivity (Wildman–Crippen MR) is 94.1 cm³/mol. The van der Waals surface area contributed by atoms with Gasteiger partial charge in [-0.05, 0) is 37.5 Å². The van der Waals surface area contributed by atoms with Gasteiger partial charge in [-0.2, -0.15) is 8.78 Å². The summed E-state index contributed by atoms with van der Waals surface area (Å²) in [5, 5.41) is 3.11. The van der Waals surface area contributed by atoms with E-state index in [1.807, 2.05) is 0 Å². The van der Waals surface area contributed by atoms with Crippen molar-refractivity contribution < 1.29 is 27.8 Å². The van der Waals surface area contributed by atoms with E-state index >= 15 is 0 Å². The van der Waals surface area contributed by atoms with Crippen LogP contribution in [-0.2, 0) is 14.3 Å². The lowest BCUT2D eigenvalue weighted by Crippen LogP contribution is -2.41. The number of carbonyl (C=O) groups excluding carboxylic acids is 2. The summed E-state index contributed by atoms with van der Waals surface area (Å²) >= 11 is 0. The fourth-order valence-corrected chi connectivity index (χ4v) is 3.72. The van der Waals surface area contributed by atoms with Gasteiger partial charge in [-0.25, -0.2) is 0 Å². The molecule has 5 nitrogen and oxygen atoms in total. The molecule has 1 aliphatic heterocycles. The number of halogens is 2. The van der Waals surface area contributed by atoms with E-state index in [0.717, 1.165) is 12.1 Å². The molecule has 0 amide bonds. The summed E-state index contributed by atoms with van der Waals surface area (Å²) in [7, 11) is 0. The van der Waals surface area contributed by atoms with Crippen molar-refractivity contribution in [2.75, 3.05) is 6.61 Å². The summed E-state index contributed by atoms with van der Waals surface area (Å²) in [6.07, 6.45) is 1.83. The van der Waals surface area contributed by atoms with Gasteiger partial charge in [-0.1, -0.05) is 18.7 Å². The molecule has 0 radical (unpaired) electrons. The molecule has 3 rings (SSSR count).